The van der Waals surface area contributed by atoms with Crippen LogP contribution in [0, 0.1) is 0 Å². The van der Waals surface area contributed by atoms with Gasteiger partial charge in [-0.05, 0) is 117 Å². The highest BCUT2D eigenvalue weighted by Gasteiger charge is 2.35. The van der Waals surface area contributed by atoms with Crippen LogP contribution in [0.3, 0.4) is 0 Å². The molecule has 9 aromatic carbocycles. The summed E-state index contributed by atoms with van der Waals surface area (Å²) in [5, 5.41) is 7.60. The summed E-state index contributed by atoms with van der Waals surface area (Å²) in [4.78, 5) is 0. The van der Waals surface area contributed by atoms with Gasteiger partial charge < -0.3 is 0 Å². The molecule has 0 fully saturated rings. The minimum atomic E-state index is -0.0341. The van der Waals surface area contributed by atoms with Crippen LogP contribution in [0.2, 0.25) is 0 Å². The van der Waals surface area contributed by atoms with Crippen LogP contribution in [0.1, 0.15) is 25.0 Å². The number of fused-ring (bicyclic) bond motifs is 6. The van der Waals surface area contributed by atoms with Crippen molar-refractivity contribution in [2.75, 3.05) is 0 Å². The van der Waals surface area contributed by atoms with Gasteiger partial charge in [-0.25, -0.2) is 0 Å². The molecule has 0 N–H and O–H groups in total. The highest BCUT2D eigenvalue weighted by Crippen LogP contribution is 2.51. The molecule has 240 valence electrons. The van der Waals surface area contributed by atoms with Crippen LogP contribution >= 0.6 is 0 Å². The molecule has 0 heteroatoms. The molecule has 1 aliphatic carbocycles. The zero-order valence-corrected chi connectivity index (χ0v) is 28.8. The van der Waals surface area contributed by atoms with E-state index in [1.54, 1.807) is 0 Å². The second-order valence-corrected chi connectivity index (χ2v) is 14.5. The normalized spacial score (nSPS) is 13.1. The lowest BCUT2D eigenvalue weighted by molar-refractivity contribution is 0.660. The molecular weight excluding hydrogens is 613 g/mol. The van der Waals surface area contributed by atoms with Gasteiger partial charge in [0.05, 0.1) is 0 Å². The van der Waals surface area contributed by atoms with Gasteiger partial charge in [0.15, 0.2) is 0 Å². The Bertz CT molecular complexity index is 2800. The van der Waals surface area contributed by atoms with Crippen LogP contribution in [0.25, 0.3) is 88.0 Å². The van der Waals surface area contributed by atoms with Crippen molar-refractivity contribution in [1.29, 1.82) is 0 Å². The highest BCUT2D eigenvalue weighted by molar-refractivity contribution is 6.22. The van der Waals surface area contributed by atoms with Gasteiger partial charge in [0.1, 0.15) is 0 Å². The van der Waals surface area contributed by atoms with Crippen molar-refractivity contribution in [3.8, 4) is 55.6 Å². The first kappa shape index (κ1) is 29.7. The molecule has 0 unspecified atom stereocenters. The standard InChI is InChI=1S/C51H36/c1-51(2)47-19-11-10-16-41(47)45-32-40(27-29-48(45)51)50-43-18-9-8-17-42(43)49(36-23-20-35(21-24-36)33-12-4-3-5-13-33)44-28-26-39(31-46(44)50)38-25-22-34-14-6-7-15-37(34)30-38/h3-32H,1-2H3. The Morgan fingerprint density at radius 2 is 0.824 bits per heavy atom. The third-order valence-corrected chi connectivity index (χ3v) is 11.3. The van der Waals surface area contributed by atoms with E-state index < -0.39 is 0 Å². The van der Waals surface area contributed by atoms with E-state index in [1.165, 1.54) is 99.1 Å². The Morgan fingerprint density at radius 3 is 1.63 bits per heavy atom. The predicted molar refractivity (Wildman–Crippen MR) is 218 cm³/mol. The first-order chi connectivity index (χ1) is 25.0. The van der Waals surface area contributed by atoms with Gasteiger partial charge in [0.25, 0.3) is 0 Å². The summed E-state index contributed by atoms with van der Waals surface area (Å²) < 4.78 is 0. The van der Waals surface area contributed by atoms with E-state index in [1.807, 2.05) is 0 Å². The molecule has 51 heavy (non-hydrogen) atoms. The maximum Gasteiger partial charge on any atom is 0.0158 e. The van der Waals surface area contributed by atoms with Crippen molar-refractivity contribution >= 4 is 32.3 Å². The monoisotopic (exact) mass is 648 g/mol. The molecule has 0 aliphatic heterocycles. The van der Waals surface area contributed by atoms with Crippen LogP contribution in [0.15, 0.2) is 182 Å². The van der Waals surface area contributed by atoms with Gasteiger partial charge in [-0.3, -0.25) is 0 Å². The van der Waals surface area contributed by atoms with Gasteiger partial charge in [-0.2, -0.15) is 0 Å². The minimum absolute atomic E-state index is 0.0341. The topological polar surface area (TPSA) is 0 Å². The Hall–Kier alpha value is -6.24. The molecule has 0 nitrogen and oxygen atoms in total. The van der Waals surface area contributed by atoms with E-state index in [-0.39, 0.29) is 5.41 Å². The molecule has 9 aromatic rings. The second-order valence-electron chi connectivity index (χ2n) is 14.5. The van der Waals surface area contributed by atoms with Crippen molar-refractivity contribution in [2.45, 2.75) is 19.3 Å². The summed E-state index contributed by atoms with van der Waals surface area (Å²) in [6.07, 6.45) is 0. The van der Waals surface area contributed by atoms with E-state index in [2.05, 4.69) is 196 Å². The van der Waals surface area contributed by atoms with Crippen molar-refractivity contribution in [3.63, 3.8) is 0 Å². The molecule has 0 amide bonds. The van der Waals surface area contributed by atoms with E-state index in [0.29, 0.717) is 0 Å². The third-order valence-electron chi connectivity index (χ3n) is 11.3. The largest absolute Gasteiger partial charge is 0.0622 e. The molecule has 0 aromatic heterocycles. The van der Waals surface area contributed by atoms with E-state index >= 15 is 0 Å². The smallest absolute Gasteiger partial charge is 0.0158 e. The number of rotatable bonds is 4. The molecule has 0 saturated heterocycles. The van der Waals surface area contributed by atoms with Crippen LogP contribution in [-0.2, 0) is 5.41 Å². The summed E-state index contributed by atoms with van der Waals surface area (Å²) >= 11 is 0. The molecule has 0 saturated carbocycles. The van der Waals surface area contributed by atoms with Crippen LogP contribution in [0.5, 0.6) is 0 Å². The van der Waals surface area contributed by atoms with Crippen molar-refractivity contribution in [1.82, 2.24) is 0 Å². The van der Waals surface area contributed by atoms with Crippen LogP contribution in [0.4, 0.5) is 0 Å². The Balaban J connectivity index is 1.25. The summed E-state index contributed by atoms with van der Waals surface area (Å²) in [5.74, 6) is 0. The summed E-state index contributed by atoms with van der Waals surface area (Å²) in [6, 6.07) is 67.5. The van der Waals surface area contributed by atoms with Crippen molar-refractivity contribution in [3.05, 3.63) is 193 Å². The Labute approximate surface area is 299 Å². The first-order valence-corrected chi connectivity index (χ1v) is 17.9. The average Bonchev–Trinajstić information content (AvgIpc) is 3.42. The van der Waals surface area contributed by atoms with E-state index in [0.717, 1.165) is 0 Å². The van der Waals surface area contributed by atoms with Crippen LogP contribution in [-0.4, -0.2) is 0 Å². The second kappa shape index (κ2) is 11.4. The Morgan fingerprint density at radius 1 is 0.294 bits per heavy atom. The van der Waals surface area contributed by atoms with Crippen molar-refractivity contribution in [2.24, 2.45) is 0 Å². The molecule has 0 atom stereocenters. The summed E-state index contributed by atoms with van der Waals surface area (Å²) in [5.41, 5.74) is 15.4. The minimum Gasteiger partial charge on any atom is -0.0622 e. The molecule has 1 aliphatic rings. The lowest BCUT2D eigenvalue weighted by Crippen LogP contribution is -2.14. The average molecular weight is 649 g/mol. The fraction of sp³-hybridized carbons (Fsp3) is 0.0588. The zero-order valence-electron chi connectivity index (χ0n) is 28.8. The predicted octanol–water partition coefficient (Wildman–Crippen LogP) is 14.1. The zero-order chi connectivity index (χ0) is 34.1. The molecular formula is C51H36. The molecule has 0 radical (unpaired) electrons. The molecule has 0 heterocycles. The van der Waals surface area contributed by atoms with E-state index in [9.17, 15) is 0 Å². The van der Waals surface area contributed by atoms with Gasteiger partial charge in [-0.1, -0.05) is 178 Å². The van der Waals surface area contributed by atoms with E-state index in [4.69, 9.17) is 0 Å². The SMILES string of the molecule is CC1(C)c2ccccc2-c2cc(-c3c4ccccc4c(-c4ccc(-c5ccccc5)cc4)c4ccc(-c5ccc6ccccc6c5)cc34)ccc21. The lowest BCUT2D eigenvalue weighted by atomic mass is 9.81. The quantitative estimate of drug-likeness (QED) is 0.167. The van der Waals surface area contributed by atoms with Crippen molar-refractivity contribution < 1.29 is 0 Å². The van der Waals surface area contributed by atoms with Gasteiger partial charge in [0, 0.05) is 5.41 Å². The molecule has 0 spiro atoms. The molecule has 0 bridgehead atoms. The van der Waals surface area contributed by atoms with Gasteiger partial charge in [-0.15, -0.1) is 0 Å². The maximum absolute atomic E-state index is 2.46. The summed E-state index contributed by atoms with van der Waals surface area (Å²) in [7, 11) is 0. The maximum atomic E-state index is 2.46. The molecule has 10 rings (SSSR count). The number of benzene rings is 9. The Kier molecular flexibility index (Phi) is 6.63. The number of hydrogen-bond donors (Lipinski definition) is 0. The first-order valence-electron chi connectivity index (χ1n) is 17.9. The van der Waals surface area contributed by atoms with Crippen LogP contribution < -0.4 is 0 Å². The van der Waals surface area contributed by atoms with Gasteiger partial charge in [0.2, 0.25) is 0 Å². The third kappa shape index (κ3) is 4.68. The number of hydrogen-bond acceptors (Lipinski definition) is 0. The summed E-state index contributed by atoms with van der Waals surface area (Å²) in [6.45, 7) is 4.71. The lowest BCUT2D eigenvalue weighted by Gasteiger charge is -2.22. The fourth-order valence-electron chi connectivity index (χ4n) is 8.68. The fourth-order valence-corrected chi connectivity index (χ4v) is 8.68. The highest BCUT2D eigenvalue weighted by atomic mass is 14.4. The van der Waals surface area contributed by atoms with Gasteiger partial charge >= 0.3 is 0 Å².